The Bertz CT molecular complexity index is 639. The molecule has 1 aliphatic heterocycles. The van der Waals surface area contributed by atoms with Crippen molar-refractivity contribution in [2.45, 2.75) is 45.6 Å². The van der Waals surface area contributed by atoms with Crippen molar-refractivity contribution in [3.63, 3.8) is 0 Å². The fourth-order valence-electron chi connectivity index (χ4n) is 3.09. The molecule has 25 heavy (non-hydrogen) atoms. The Kier molecular flexibility index (Phi) is 6.23. The Labute approximate surface area is 150 Å². The number of likely N-dealkylation sites (tertiary alicyclic amines) is 1. The Morgan fingerprint density at radius 2 is 2.04 bits per heavy atom. The van der Waals surface area contributed by atoms with E-state index in [4.69, 9.17) is 15.9 Å². The lowest BCUT2D eigenvalue weighted by Crippen LogP contribution is -2.42. The van der Waals surface area contributed by atoms with Gasteiger partial charge in [0, 0.05) is 31.1 Å². The minimum absolute atomic E-state index is 0.211. The van der Waals surface area contributed by atoms with Gasteiger partial charge in [0.25, 0.3) is 0 Å². The number of rotatable bonds is 4. The molecule has 3 N–H and O–H groups in total. The zero-order chi connectivity index (χ0) is 18.4. The van der Waals surface area contributed by atoms with E-state index in [0.29, 0.717) is 5.92 Å². The van der Waals surface area contributed by atoms with E-state index in [0.717, 1.165) is 43.5 Å². The van der Waals surface area contributed by atoms with E-state index in [1.54, 1.807) is 0 Å². The van der Waals surface area contributed by atoms with Crippen LogP contribution in [-0.4, -0.2) is 35.9 Å². The summed E-state index contributed by atoms with van der Waals surface area (Å²) in [7, 11) is 0. The van der Waals surface area contributed by atoms with Crippen LogP contribution in [0.1, 0.15) is 44.7 Å². The average Bonchev–Trinajstić information content (AvgIpc) is 2.55. The Hall–Kier alpha value is -2.30. The number of ether oxygens (including phenoxy) is 1. The first-order valence-corrected chi connectivity index (χ1v) is 8.82. The van der Waals surface area contributed by atoms with Crippen molar-refractivity contribution < 1.29 is 9.53 Å². The van der Waals surface area contributed by atoms with Gasteiger partial charge in [-0.1, -0.05) is 24.3 Å². The smallest absolute Gasteiger partial charge is 0.410 e. The van der Waals surface area contributed by atoms with Crippen LogP contribution in [0.5, 0.6) is 0 Å². The van der Waals surface area contributed by atoms with Gasteiger partial charge in [0.15, 0.2) is 0 Å². The van der Waals surface area contributed by atoms with Crippen molar-refractivity contribution in [3.05, 3.63) is 41.6 Å². The van der Waals surface area contributed by atoms with Gasteiger partial charge in [-0.3, -0.25) is 0 Å². The summed E-state index contributed by atoms with van der Waals surface area (Å²) in [4.78, 5) is 13.9. The summed E-state index contributed by atoms with van der Waals surface area (Å²) in [5.41, 5.74) is 8.07. The molecule has 5 nitrogen and oxygen atoms in total. The van der Waals surface area contributed by atoms with Gasteiger partial charge < -0.3 is 20.8 Å². The first-order valence-electron chi connectivity index (χ1n) is 8.82. The lowest BCUT2D eigenvalue weighted by molar-refractivity contribution is 0.0184. The van der Waals surface area contributed by atoms with Crippen molar-refractivity contribution in [1.82, 2.24) is 4.90 Å². The maximum absolute atomic E-state index is 12.1. The fraction of sp³-hybridized carbons (Fsp3) is 0.500. The minimum atomic E-state index is -0.447. The van der Waals surface area contributed by atoms with Crippen LogP contribution in [0.25, 0.3) is 5.57 Å². The van der Waals surface area contributed by atoms with Crippen molar-refractivity contribution in [2.24, 2.45) is 11.7 Å². The summed E-state index contributed by atoms with van der Waals surface area (Å²) in [6.45, 7) is 7.16. The lowest BCUT2D eigenvalue weighted by atomic mass is 9.89. The molecule has 5 heteroatoms. The van der Waals surface area contributed by atoms with Crippen molar-refractivity contribution >= 4 is 17.9 Å². The van der Waals surface area contributed by atoms with Crippen LogP contribution in [0, 0.1) is 11.3 Å². The molecule has 1 saturated heterocycles. The van der Waals surface area contributed by atoms with Gasteiger partial charge in [0.05, 0.1) is 0 Å². The highest BCUT2D eigenvalue weighted by molar-refractivity contribution is 6.08. The number of carbonyl (C=O) groups excluding carboxylic acids is 1. The largest absolute Gasteiger partial charge is 0.444 e. The number of piperidine rings is 1. The molecule has 0 spiro atoms. The molecule has 136 valence electrons. The number of hydrogen-bond acceptors (Lipinski definition) is 4. The first kappa shape index (κ1) is 19.0. The molecule has 1 aromatic carbocycles. The van der Waals surface area contributed by atoms with Crippen molar-refractivity contribution in [3.8, 4) is 0 Å². The maximum atomic E-state index is 12.1. The maximum Gasteiger partial charge on any atom is 0.410 e. The van der Waals surface area contributed by atoms with E-state index in [9.17, 15) is 4.79 Å². The normalized spacial score (nSPS) is 16.6. The second kappa shape index (κ2) is 8.19. The molecule has 1 aromatic rings. The SMILES string of the molecule is CC(C)(C)OC(=O)N1CCC(Cc2cccc(/C(C=N)=C/N)c2)CC1. The molecule has 0 aliphatic carbocycles. The fourth-order valence-corrected chi connectivity index (χ4v) is 3.09. The third kappa shape index (κ3) is 5.62. The van der Waals surface area contributed by atoms with Gasteiger partial charge in [-0.25, -0.2) is 4.79 Å². The van der Waals surface area contributed by atoms with Gasteiger partial charge in [0.1, 0.15) is 5.60 Å². The van der Waals surface area contributed by atoms with Gasteiger partial charge >= 0.3 is 6.09 Å². The van der Waals surface area contributed by atoms with Crippen LogP contribution < -0.4 is 5.73 Å². The first-order chi connectivity index (χ1) is 11.8. The summed E-state index contributed by atoms with van der Waals surface area (Å²) in [6, 6.07) is 8.19. The highest BCUT2D eigenvalue weighted by atomic mass is 16.6. The van der Waals surface area contributed by atoms with E-state index in [1.807, 2.05) is 37.8 Å². The molecule has 1 aliphatic rings. The average molecular weight is 343 g/mol. The van der Waals surface area contributed by atoms with Gasteiger partial charge in [0.2, 0.25) is 0 Å². The monoisotopic (exact) mass is 343 g/mol. The van der Waals surface area contributed by atoms with E-state index in [2.05, 4.69) is 12.1 Å². The van der Waals surface area contributed by atoms with Gasteiger partial charge in [-0.2, -0.15) is 0 Å². The van der Waals surface area contributed by atoms with E-state index < -0.39 is 5.60 Å². The molecule has 0 aromatic heterocycles. The second-order valence-electron chi connectivity index (χ2n) is 7.58. The van der Waals surface area contributed by atoms with Crippen LogP contribution >= 0.6 is 0 Å². The lowest BCUT2D eigenvalue weighted by Gasteiger charge is -2.33. The van der Waals surface area contributed by atoms with Crippen LogP contribution in [0.3, 0.4) is 0 Å². The molecule has 0 atom stereocenters. The molecule has 1 heterocycles. The topological polar surface area (TPSA) is 79.4 Å². The second-order valence-corrected chi connectivity index (χ2v) is 7.58. The molecule has 0 saturated carbocycles. The summed E-state index contributed by atoms with van der Waals surface area (Å²) in [6.07, 6.45) is 5.47. The van der Waals surface area contributed by atoms with Crippen molar-refractivity contribution in [1.29, 1.82) is 5.41 Å². The van der Waals surface area contributed by atoms with Crippen LogP contribution in [0.4, 0.5) is 4.79 Å². The summed E-state index contributed by atoms with van der Waals surface area (Å²) >= 11 is 0. The summed E-state index contributed by atoms with van der Waals surface area (Å²) in [5, 5.41) is 7.42. The Balaban J connectivity index is 1.91. The number of amides is 1. The van der Waals surface area contributed by atoms with Gasteiger partial charge in [-0.05, 0) is 57.1 Å². The molecule has 0 unspecified atom stereocenters. The standard InChI is InChI=1S/C20H29N3O2/c1-20(2,3)25-19(24)23-9-7-15(8-10-23)11-16-5-4-6-17(12-16)18(13-21)14-22/h4-6,12-15,21H,7-11,22H2,1-3H3/b18-14+,21-13?. The molecule has 1 fully saturated rings. The Morgan fingerprint density at radius 3 is 2.60 bits per heavy atom. The minimum Gasteiger partial charge on any atom is -0.444 e. The third-order valence-electron chi connectivity index (χ3n) is 4.39. The third-order valence-corrected chi connectivity index (χ3v) is 4.39. The zero-order valence-electron chi connectivity index (χ0n) is 15.4. The molecular weight excluding hydrogens is 314 g/mol. The highest BCUT2D eigenvalue weighted by Gasteiger charge is 2.26. The predicted octanol–water partition coefficient (Wildman–Crippen LogP) is 3.83. The molecule has 2 rings (SSSR count). The number of nitrogens with one attached hydrogen (secondary N) is 1. The quantitative estimate of drug-likeness (QED) is 0.816. The summed E-state index contributed by atoms with van der Waals surface area (Å²) in [5.74, 6) is 0.555. The van der Waals surface area contributed by atoms with Crippen LogP contribution in [0.15, 0.2) is 30.5 Å². The number of allylic oxidation sites excluding steroid dienone is 1. The van der Waals surface area contributed by atoms with Crippen LogP contribution in [0.2, 0.25) is 0 Å². The number of benzene rings is 1. The van der Waals surface area contributed by atoms with E-state index in [-0.39, 0.29) is 6.09 Å². The van der Waals surface area contributed by atoms with E-state index >= 15 is 0 Å². The zero-order valence-corrected chi connectivity index (χ0v) is 15.4. The number of carbonyl (C=O) groups is 1. The van der Waals surface area contributed by atoms with E-state index in [1.165, 1.54) is 18.0 Å². The highest BCUT2D eigenvalue weighted by Crippen LogP contribution is 2.24. The number of nitrogens with two attached hydrogens (primary N) is 1. The number of nitrogens with zero attached hydrogens (tertiary/aromatic N) is 1. The van der Waals surface area contributed by atoms with Crippen LogP contribution in [-0.2, 0) is 11.2 Å². The summed E-state index contributed by atoms with van der Waals surface area (Å²) < 4.78 is 5.45. The van der Waals surface area contributed by atoms with Gasteiger partial charge in [-0.15, -0.1) is 0 Å². The predicted molar refractivity (Wildman–Crippen MR) is 102 cm³/mol. The molecule has 0 bridgehead atoms. The molecular formula is C20H29N3O2. The molecule has 0 radical (unpaired) electrons. The Morgan fingerprint density at radius 1 is 1.36 bits per heavy atom. The van der Waals surface area contributed by atoms with Crippen molar-refractivity contribution in [2.75, 3.05) is 13.1 Å². The number of hydrogen-bond donors (Lipinski definition) is 2. The molecule has 1 amide bonds.